The number of benzene rings is 1. The zero-order valence-corrected chi connectivity index (χ0v) is 10.1. The Morgan fingerprint density at radius 3 is 2.67 bits per heavy atom. The molecule has 1 aromatic rings. The van der Waals surface area contributed by atoms with Crippen molar-refractivity contribution < 1.29 is 19.1 Å². The van der Waals surface area contributed by atoms with Gasteiger partial charge in [0, 0.05) is 6.42 Å². The number of methoxy groups -OCH3 is 1. The molecular weight excluding hydrogens is 234 g/mol. The molecule has 2 rings (SSSR count). The Morgan fingerprint density at radius 2 is 2.11 bits per heavy atom. The second kappa shape index (κ2) is 5.53. The van der Waals surface area contributed by atoms with Crippen LogP contribution in [0.3, 0.4) is 0 Å². The minimum Gasteiger partial charge on any atom is -0.497 e. The van der Waals surface area contributed by atoms with Crippen LogP contribution in [0.15, 0.2) is 24.3 Å². The molecule has 1 aliphatic rings. The number of hydrogen-bond acceptors (Lipinski definition) is 4. The van der Waals surface area contributed by atoms with Crippen LogP contribution in [0.5, 0.6) is 5.75 Å². The van der Waals surface area contributed by atoms with E-state index in [-0.39, 0.29) is 24.5 Å². The summed E-state index contributed by atoms with van der Waals surface area (Å²) >= 11 is 0. The monoisotopic (exact) mass is 249 g/mol. The largest absolute Gasteiger partial charge is 0.497 e. The molecule has 0 spiro atoms. The fraction of sp³-hybridized carbons (Fsp3) is 0.385. The SMILES string of the molecule is COc1ccc(C(=O)OCC2CCC(=O)N2)cc1. The third-order valence-corrected chi connectivity index (χ3v) is 2.83. The molecule has 0 saturated carbocycles. The van der Waals surface area contributed by atoms with Gasteiger partial charge in [0.25, 0.3) is 0 Å². The maximum absolute atomic E-state index is 11.7. The molecule has 0 radical (unpaired) electrons. The van der Waals surface area contributed by atoms with Crippen molar-refractivity contribution in [1.29, 1.82) is 0 Å². The number of amides is 1. The Hall–Kier alpha value is -2.04. The Morgan fingerprint density at radius 1 is 1.39 bits per heavy atom. The smallest absolute Gasteiger partial charge is 0.338 e. The summed E-state index contributed by atoms with van der Waals surface area (Å²) in [6.07, 6.45) is 1.22. The molecule has 96 valence electrons. The third-order valence-electron chi connectivity index (χ3n) is 2.83. The van der Waals surface area contributed by atoms with E-state index in [0.717, 1.165) is 0 Å². The van der Waals surface area contributed by atoms with Gasteiger partial charge in [0.2, 0.25) is 5.91 Å². The lowest BCUT2D eigenvalue weighted by Gasteiger charge is -2.10. The van der Waals surface area contributed by atoms with Crippen molar-refractivity contribution in [3.63, 3.8) is 0 Å². The first-order valence-corrected chi connectivity index (χ1v) is 5.79. The average Bonchev–Trinajstić information content (AvgIpc) is 2.82. The number of rotatable bonds is 4. The van der Waals surface area contributed by atoms with Crippen molar-refractivity contribution in [2.75, 3.05) is 13.7 Å². The normalized spacial score (nSPS) is 18.3. The van der Waals surface area contributed by atoms with Crippen LogP contribution in [0.1, 0.15) is 23.2 Å². The first-order chi connectivity index (χ1) is 8.69. The fourth-order valence-corrected chi connectivity index (χ4v) is 1.79. The molecule has 1 aliphatic heterocycles. The lowest BCUT2D eigenvalue weighted by atomic mass is 10.2. The molecule has 1 aromatic carbocycles. The second-order valence-corrected chi connectivity index (χ2v) is 4.13. The molecule has 5 heteroatoms. The minimum atomic E-state index is -0.390. The molecule has 0 aromatic heterocycles. The van der Waals surface area contributed by atoms with Crippen molar-refractivity contribution in [2.45, 2.75) is 18.9 Å². The molecule has 1 amide bonds. The number of carbonyl (C=O) groups excluding carboxylic acids is 2. The van der Waals surface area contributed by atoms with Gasteiger partial charge in [0.05, 0.1) is 18.7 Å². The Bertz CT molecular complexity index is 441. The number of ether oxygens (including phenoxy) is 2. The van der Waals surface area contributed by atoms with Crippen LogP contribution >= 0.6 is 0 Å². The van der Waals surface area contributed by atoms with Gasteiger partial charge in [-0.05, 0) is 30.7 Å². The first kappa shape index (κ1) is 12.4. The highest BCUT2D eigenvalue weighted by atomic mass is 16.5. The van der Waals surface area contributed by atoms with Crippen LogP contribution in [0.25, 0.3) is 0 Å². The number of nitrogens with one attached hydrogen (secondary N) is 1. The maximum Gasteiger partial charge on any atom is 0.338 e. The molecule has 1 heterocycles. The van der Waals surface area contributed by atoms with E-state index in [0.29, 0.717) is 24.2 Å². The number of carbonyl (C=O) groups is 2. The van der Waals surface area contributed by atoms with Gasteiger partial charge in [0.15, 0.2) is 0 Å². The fourth-order valence-electron chi connectivity index (χ4n) is 1.79. The van der Waals surface area contributed by atoms with Gasteiger partial charge < -0.3 is 14.8 Å². The molecule has 0 aliphatic carbocycles. The predicted molar refractivity (Wildman–Crippen MR) is 64.4 cm³/mol. The first-order valence-electron chi connectivity index (χ1n) is 5.79. The highest BCUT2D eigenvalue weighted by molar-refractivity contribution is 5.89. The molecule has 1 atom stereocenters. The average molecular weight is 249 g/mol. The van der Waals surface area contributed by atoms with Crippen molar-refractivity contribution in [3.05, 3.63) is 29.8 Å². The molecular formula is C13H15NO4. The summed E-state index contributed by atoms with van der Waals surface area (Å²) in [7, 11) is 1.57. The summed E-state index contributed by atoms with van der Waals surface area (Å²) in [4.78, 5) is 22.7. The molecule has 1 fully saturated rings. The lowest BCUT2D eigenvalue weighted by molar-refractivity contribution is -0.119. The van der Waals surface area contributed by atoms with Gasteiger partial charge in [-0.25, -0.2) is 4.79 Å². The highest BCUT2D eigenvalue weighted by Crippen LogP contribution is 2.13. The Kier molecular flexibility index (Phi) is 3.82. The lowest BCUT2D eigenvalue weighted by Crippen LogP contribution is -2.30. The van der Waals surface area contributed by atoms with Gasteiger partial charge >= 0.3 is 5.97 Å². The predicted octanol–water partition coefficient (Wildman–Crippen LogP) is 1.13. The molecule has 1 saturated heterocycles. The summed E-state index contributed by atoms with van der Waals surface area (Å²) < 4.78 is 10.1. The zero-order chi connectivity index (χ0) is 13.0. The van der Waals surface area contributed by atoms with E-state index in [1.54, 1.807) is 31.4 Å². The molecule has 1 N–H and O–H groups in total. The Balaban J connectivity index is 1.85. The number of hydrogen-bond donors (Lipinski definition) is 1. The van der Waals surface area contributed by atoms with Crippen molar-refractivity contribution in [2.24, 2.45) is 0 Å². The Labute approximate surface area is 105 Å². The van der Waals surface area contributed by atoms with E-state index >= 15 is 0 Å². The molecule has 18 heavy (non-hydrogen) atoms. The van der Waals surface area contributed by atoms with E-state index in [1.165, 1.54) is 0 Å². The summed E-state index contributed by atoms with van der Waals surface area (Å²) in [6, 6.07) is 6.64. The van der Waals surface area contributed by atoms with Crippen LogP contribution in [-0.4, -0.2) is 31.6 Å². The molecule has 1 unspecified atom stereocenters. The third kappa shape index (κ3) is 3.00. The molecule has 0 bridgehead atoms. The van der Waals surface area contributed by atoms with E-state index in [9.17, 15) is 9.59 Å². The van der Waals surface area contributed by atoms with Crippen molar-refractivity contribution in [1.82, 2.24) is 5.32 Å². The summed E-state index contributed by atoms with van der Waals surface area (Å²) in [6.45, 7) is 0.219. The van der Waals surface area contributed by atoms with Crippen molar-refractivity contribution >= 4 is 11.9 Å². The van der Waals surface area contributed by atoms with Gasteiger partial charge in [-0.1, -0.05) is 0 Å². The van der Waals surface area contributed by atoms with Crippen LogP contribution in [-0.2, 0) is 9.53 Å². The minimum absolute atomic E-state index is 0.0143. The maximum atomic E-state index is 11.7. The molecule has 5 nitrogen and oxygen atoms in total. The van der Waals surface area contributed by atoms with E-state index < -0.39 is 0 Å². The standard InChI is InChI=1S/C13H15NO4/c1-17-11-5-2-9(3-6-11)13(16)18-8-10-4-7-12(15)14-10/h2-3,5-6,10H,4,7-8H2,1H3,(H,14,15). The highest BCUT2D eigenvalue weighted by Gasteiger charge is 2.22. The van der Waals surface area contributed by atoms with Crippen LogP contribution < -0.4 is 10.1 Å². The van der Waals surface area contributed by atoms with Crippen LogP contribution in [0, 0.1) is 0 Å². The zero-order valence-electron chi connectivity index (χ0n) is 10.1. The summed E-state index contributed by atoms with van der Waals surface area (Å²) in [5.41, 5.74) is 0.472. The van der Waals surface area contributed by atoms with Crippen molar-refractivity contribution in [3.8, 4) is 5.75 Å². The quantitative estimate of drug-likeness (QED) is 0.812. The number of esters is 1. The van der Waals surface area contributed by atoms with Gasteiger partial charge in [-0.15, -0.1) is 0 Å². The topological polar surface area (TPSA) is 64.6 Å². The van der Waals surface area contributed by atoms with Gasteiger partial charge in [-0.3, -0.25) is 4.79 Å². The summed E-state index contributed by atoms with van der Waals surface area (Å²) in [5, 5.41) is 2.74. The van der Waals surface area contributed by atoms with E-state index in [4.69, 9.17) is 9.47 Å². The van der Waals surface area contributed by atoms with E-state index in [1.807, 2.05) is 0 Å². The van der Waals surface area contributed by atoms with E-state index in [2.05, 4.69) is 5.32 Å². The van der Waals surface area contributed by atoms with Crippen LogP contribution in [0.4, 0.5) is 0 Å². The van der Waals surface area contributed by atoms with Gasteiger partial charge in [-0.2, -0.15) is 0 Å². The summed E-state index contributed by atoms with van der Waals surface area (Å²) in [5.74, 6) is 0.314. The van der Waals surface area contributed by atoms with Crippen LogP contribution in [0.2, 0.25) is 0 Å². The van der Waals surface area contributed by atoms with Gasteiger partial charge in [0.1, 0.15) is 12.4 Å². The second-order valence-electron chi connectivity index (χ2n) is 4.13.